The van der Waals surface area contributed by atoms with Crippen molar-refractivity contribution in [1.29, 1.82) is 0 Å². The SMILES string of the molecule is CSc1ccc([C@H](C)N)[nH]1. The molecular formula is C7H12N2S. The van der Waals surface area contributed by atoms with Gasteiger partial charge in [-0.1, -0.05) is 0 Å². The molecule has 0 saturated carbocycles. The summed E-state index contributed by atoms with van der Waals surface area (Å²) in [6.07, 6.45) is 2.04. The van der Waals surface area contributed by atoms with Gasteiger partial charge in [0, 0.05) is 11.7 Å². The van der Waals surface area contributed by atoms with Crippen molar-refractivity contribution in [2.45, 2.75) is 18.0 Å². The van der Waals surface area contributed by atoms with Crippen molar-refractivity contribution < 1.29 is 0 Å². The molecule has 1 rings (SSSR count). The van der Waals surface area contributed by atoms with Crippen LogP contribution in [-0.2, 0) is 0 Å². The molecule has 1 aromatic heterocycles. The average molecular weight is 156 g/mol. The molecule has 0 aliphatic carbocycles. The molecule has 1 heterocycles. The number of nitrogens with two attached hydrogens (primary N) is 1. The second-order valence-corrected chi connectivity index (χ2v) is 3.12. The van der Waals surface area contributed by atoms with Gasteiger partial charge in [-0.25, -0.2) is 0 Å². The number of H-pyrrole nitrogens is 1. The molecule has 1 atom stereocenters. The maximum atomic E-state index is 5.64. The minimum atomic E-state index is 0.112. The van der Waals surface area contributed by atoms with Crippen LogP contribution in [0.2, 0.25) is 0 Å². The van der Waals surface area contributed by atoms with Crippen LogP contribution in [0.25, 0.3) is 0 Å². The van der Waals surface area contributed by atoms with Crippen molar-refractivity contribution in [1.82, 2.24) is 4.98 Å². The second-order valence-electron chi connectivity index (χ2n) is 2.27. The van der Waals surface area contributed by atoms with Gasteiger partial charge >= 0.3 is 0 Å². The first-order chi connectivity index (χ1) is 4.74. The second kappa shape index (κ2) is 3.12. The van der Waals surface area contributed by atoms with Crippen molar-refractivity contribution in [2.24, 2.45) is 5.73 Å². The first-order valence-corrected chi connectivity index (χ1v) is 4.45. The minimum absolute atomic E-state index is 0.112. The smallest absolute Gasteiger partial charge is 0.0721 e. The van der Waals surface area contributed by atoms with Crippen LogP contribution in [0.3, 0.4) is 0 Å². The first-order valence-electron chi connectivity index (χ1n) is 3.22. The van der Waals surface area contributed by atoms with Gasteiger partial charge < -0.3 is 10.7 Å². The number of hydrogen-bond donors (Lipinski definition) is 2. The van der Waals surface area contributed by atoms with Gasteiger partial charge in [0.05, 0.1) is 5.03 Å². The Hall–Kier alpha value is -0.410. The monoisotopic (exact) mass is 156 g/mol. The Morgan fingerprint density at radius 2 is 2.30 bits per heavy atom. The lowest BCUT2D eigenvalue weighted by atomic mass is 10.3. The van der Waals surface area contributed by atoms with E-state index in [0.29, 0.717) is 0 Å². The minimum Gasteiger partial charge on any atom is -0.352 e. The lowest BCUT2D eigenvalue weighted by molar-refractivity contribution is 0.781. The number of hydrogen-bond acceptors (Lipinski definition) is 2. The van der Waals surface area contributed by atoms with Crippen LogP contribution >= 0.6 is 11.8 Å². The van der Waals surface area contributed by atoms with Crippen molar-refractivity contribution in [3.63, 3.8) is 0 Å². The zero-order valence-corrected chi connectivity index (χ0v) is 7.03. The Morgan fingerprint density at radius 1 is 1.60 bits per heavy atom. The van der Waals surface area contributed by atoms with E-state index in [1.165, 1.54) is 5.03 Å². The van der Waals surface area contributed by atoms with Crippen molar-refractivity contribution in [3.8, 4) is 0 Å². The fourth-order valence-corrected chi connectivity index (χ4v) is 1.20. The number of rotatable bonds is 2. The lowest BCUT2D eigenvalue weighted by Crippen LogP contribution is -2.04. The largest absolute Gasteiger partial charge is 0.352 e. The molecule has 0 fully saturated rings. The highest BCUT2D eigenvalue weighted by molar-refractivity contribution is 7.98. The van der Waals surface area contributed by atoms with E-state index in [2.05, 4.69) is 4.98 Å². The highest BCUT2D eigenvalue weighted by Crippen LogP contribution is 2.16. The van der Waals surface area contributed by atoms with Gasteiger partial charge in [0.1, 0.15) is 0 Å². The topological polar surface area (TPSA) is 41.8 Å². The van der Waals surface area contributed by atoms with Crippen LogP contribution < -0.4 is 5.73 Å². The fraction of sp³-hybridized carbons (Fsp3) is 0.429. The van der Waals surface area contributed by atoms with Crippen LogP contribution in [0.4, 0.5) is 0 Å². The Morgan fingerprint density at radius 3 is 2.60 bits per heavy atom. The first kappa shape index (κ1) is 7.69. The summed E-state index contributed by atoms with van der Waals surface area (Å²) in [7, 11) is 0. The molecule has 0 aliphatic rings. The van der Waals surface area contributed by atoms with Gasteiger partial charge in [-0.05, 0) is 25.3 Å². The third kappa shape index (κ3) is 1.55. The molecular weight excluding hydrogens is 144 g/mol. The van der Waals surface area contributed by atoms with E-state index in [-0.39, 0.29) is 6.04 Å². The predicted molar refractivity (Wildman–Crippen MR) is 45.2 cm³/mol. The van der Waals surface area contributed by atoms with E-state index in [0.717, 1.165) is 5.69 Å². The lowest BCUT2D eigenvalue weighted by Gasteiger charge is -1.99. The summed E-state index contributed by atoms with van der Waals surface area (Å²) >= 11 is 1.70. The highest BCUT2D eigenvalue weighted by atomic mass is 32.2. The molecule has 1 aromatic rings. The van der Waals surface area contributed by atoms with Crippen molar-refractivity contribution in [3.05, 3.63) is 17.8 Å². The van der Waals surface area contributed by atoms with E-state index < -0.39 is 0 Å². The van der Waals surface area contributed by atoms with Crippen LogP contribution in [0.1, 0.15) is 18.7 Å². The summed E-state index contributed by atoms with van der Waals surface area (Å²) in [5, 5.41) is 1.17. The summed E-state index contributed by atoms with van der Waals surface area (Å²) in [6, 6.07) is 4.18. The summed E-state index contributed by atoms with van der Waals surface area (Å²) in [5.74, 6) is 0. The zero-order chi connectivity index (χ0) is 7.56. The van der Waals surface area contributed by atoms with Crippen molar-refractivity contribution in [2.75, 3.05) is 6.26 Å². The maximum absolute atomic E-state index is 5.64. The molecule has 10 heavy (non-hydrogen) atoms. The highest BCUT2D eigenvalue weighted by Gasteiger charge is 2.00. The molecule has 0 amide bonds. The number of aromatic amines is 1. The average Bonchev–Trinajstić information content (AvgIpc) is 2.34. The van der Waals surface area contributed by atoms with Gasteiger partial charge in [-0.15, -0.1) is 11.8 Å². The number of aromatic nitrogens is 1. The Labute approximate surface area is 65.2 Å². The van der Waals surface area contributed by atoms with Gasteiger partial charge in [0.2, 0.25) is 0 Å². The maximum Gasteiger partial charge on any atom is 0.0721 e. The molecule has 2 nitrogen and oxygen atoms in total. The Bertz CT molecular complexity index is 205. The predicted octanol–water partition coefficient (Wildman–Crippen LogP) is 1.76. The van der Waals surface area contributed by atoms with E-state index in [1.807, 2.05) is 25.3 Å². The quantitative estimate of drug-likeness (QED) is 0.641. The summed E-state index contributed by atoms with van der Waals surface area (Å²) < 4.78 is 0. The summed E-state index contributed by atoms with van der Waals surface area (Å²) in [4.78, 5) is 3.20. The number of nitrogens with one attached hydrogen (secondary N) is 1. The molecule has 3 N–H and O–H groups in total. The molecule has 0 saturated heterocycles. The summed E-state index contributed by atoms with van der Waals surface area (Å²) in [5.41, 5.74) is 6.74. The van der Waals surface area contributed by atoms with Gasteiger partial charge in [-0.2, -0.15) is 0 Å². The molecule has 3 heteroatoms. The van der Waals surface area contributed by atoms with Crippen LogP contribution in [-0.4, -0.2) is 11.2 Å². The molecule has 56 valence electrons. The van der Waals surface area contributed by atoms with E-state index >= 15 is 0 Å². The summed E-state index contributed by atoms with van der Waals surface area (Å²) in [6.45, 7) is 1.97. The van der Waals surface area contributed by atoms with Gasteiger partial charge in [0.15, 0.2) is 0 Å². The molecule has 0 unspecified atom stereocenters. The zero-order valence-electron chi connectivity index (χ0n) is 6.22. The van der Waals surface area contributed by atoms with Crippen LogP contribution in [0.5, 0.6) is 0 Å². The van der Waals surface area contributed by atoms with E-state index in [1.54, 1.807) is 11.8 Å². The van der Waals surface area contributed by atoms with Gasteiger partial charge in [-0.3, -0.25) is 0 Å². The number of thioether (sulfide) groups is 1. The van der Waals surface area contributed by atoms with Crippen LogP contribution in [0.15, 0.2) is 17.2 Å². The molecule has 0 bridgehead atoms. The normalized spacial score (nSPS) is 13.5. The van der Waals surface area contributed by atoms with Gasteiger partial charge in [0.25, 0.3) is 0 Å². The molecule has 0 aromatic carbocycles. The Balaban J connectivity index is 2.78. The third-order valence-corrected chi connectivity index (χ3v) is 2.07. The molecule has 0 spiro atoms. The standard InChI is InChI=1S/C7H12N2S/c1-5(8)6-3-4-7(9-6)10-2/h3-5,9H,8H2,1-2H3/t5-/m0/s1. The Kier molecular flexibility index (Phi) is 2.40. The molecule has 0 radical (unpaired) electrons. The molecule has 0 aliphatic heterocycles. The van der Waals surface area contributed by atoms with E-state index in [9.17, 15) is 0 Å². The van der Waals surface area contributed by atoms with Crippen molar-refractivity contribution >= 4 is 11.8 Å². The van der Waals surface area contributed by atoms with E-state index in [4.69, 9.17) is 5.73 Å². The fourth-order valence-electron chi connectivity index (χ4n) is 0.776. The van der Waals surface area contributed by atoms with Crippen LogP contribution in [0, 0.1) is 0 Å². The third-order valence-electron chi connectivity index (χ3n) is 1.39.